The van der Waals surface area contributed by atoms with Crippen molar-refractivity contribution in [1.29, 1.82) is 0 Å². The molecule has 6 heteroatoms. The number of carboxylic acids is 1. The molecule has 2 amide bonds. The molecule has 0 bridgehead atoms. The Morgan fingerprint density at radius 1 is 1.09 bits per heavy atom. The number of hydrogen-bond donors (Lipinski definition) is 2. The number of carbonyl (C=O) groups excluding carboxylic acids is 2. The van der Waals surface area contributed by atoms with Crippen molar-refractivity contribution in [3.05, 3.63) is 35.4 Å². The molecule has 1 aromatic carbocycles. The average molecular weight is 318 g/mol. The Kier molecular flexibility index (Phi) is 5.03. The minimum Gasteiger partial charge on any atom is -0.480 e. The third kappa shape index (κ3) is 3.70. The fraction of sp³-hybridized carbons (Fsp3) is 0.471. The summed E-state index contributed by atoms with van der Waals surface area (Å²) in [5.41, 5.74) is -0.503. The summed E-state index contributed by atoms with van der Waals surface area (Å²) in [6.07, 6.45) is 3.42. The average Bonchev–Trinajstić information content (AvgIpc) is 2.54. The van der Waals surface area contributed by atoms with Crippen molar-refractivity contribution in [1.82, 2.24) is 10.2 Å². The highest BCUT2D eigenvalue weighted by atomic mass is 16.4. The molecule has 1 aromatic rings. The van der Waals surface area contributed by atoms with Gasteiger partial charge in [0, 0.05) is 25.2 Å². The van der Waals surface area contributed by atoms with E-state index >= 15 is 0 Å². The lowest BCUT2D eigenvalue weighted by molar-refractivity contribution is -0.145. The summed E-state index contributed by atoms with van der Waals surface area (Å²) in [7, 11) is 3.27. The van der Waals surface area contributed by atoms with Crippen LogP contribution < -0.4 is 5.32 Å². The molecule has 2 N–H and O–H groups in total. The van der Waals surface area contributed by atoms with E-state index < -0.39 is 17.4 Å². The van der Waals surface area contributed by atoms with Gasteiger partial charge in [-0.3, -0.25) is 9.59 Å². The van der Waals surface area contributed by atoms with Gasteiger partial charge in [-0.05, 0) is 31.0 Å². The summed E-state index contributed by atoms with van der Waals surface area (Å²) >= 11 is 0. The maximum Gasteiger partial charge on any atom is 0.329 e. The lowest BCUT2D eigenvalue weighted by atomic mass is 9.81. The van der Waals surface area contributed by atoms with Crippen molar-refractivity contribution in [2.75, 3.05) is 14.1 Å². The van der Waals surface area contributed by atoms with E-state index in [0.29, 0.717) is 24.0 Å². The molecule has 1 fully saturated rings. The second-order valence-electron chi connectivity index (χ2n) is 6.18. The van der Waals surface area contributed by atoms with Crippen molar-refractivity contribution in [3.8, 4) is 0 Å². The van der Waals surface area contributed by atoms with Gasteiger partial charge in [0.2, 0.25) is 0 Å². The number of rotatable bonds is 4. The van der Waals surface area contributed by atoms with Gasteiger partial charge < -0.3 is 15.3 Å². The highest BCUT2D eigenvalue weighted by Gasteiger charge is 2.41. The summed E-state index contributed by atoms with van der Waals surface area (Å²) in [6.45, 7) is 0. The molecule has 1 aliphatic rings. The van der Waals surface area contributed by atoms with E-state index in [1.165, 1.54) is 11.0 Å². The zero-order chi connectivity index (χ0) is 17.0. The second-order valence-corrected chi connectivity index (χ2v) is 6.18. The molecular weight excluding hydrogens is 296 g/mol. The van der Waals surface area contributed by atoms with Gasteiger partial charge in [0.1, 0.15) is 5.54 Å². The van der Waals surface area contributed by atoms with Gasteiger partial charge in [-0.2, -0.15) is 0 Å². The topological polar surface area (TPSA) is 86.7 Å². The molecule has 0 atom stereocenters. The van der Waals surface area contributed by atoms with Crippen molar-refractivity contribution < 1.29 is 19.5 Å². The Bertz CT molecular complexity index is 619. The second kappa shape index (κ2) is 6.81. The largest absolute Gasteiger partial charge is 0.480 e. The van der Waals surface area contributed by atoms with E-state index in [-0.39, 0.29) is 5.91 Å². The molecule has 0 unspecified atom stereocenters. The lowest BCUT2D eigenvalue weighted by Crippen LogP contribution is -2.55. The van der Waals surface area contributed by atoms with E-state index in [2.05, 4.69) is 5.32 Å². The summed E-state index contributed by atoms with van der Waals surface area (Å²) in [5.74, 6) is -1.65. The molecule has 0 saturated heterocycles. The number of aliphatic carboxylic acids is 1. The van der Waals surface area contributed by atoms with Crippen molar-refractivity contribution in [2.24, 2.45) is 0 Å². The van der Waals surface area contributed by atoms with Gasteiger partial charge in [0.25, 0.3) is 11.8 Å². The number of carbonyl (C=O) groups is 3. The van der Waals surface area contributed by atoms with Crippen LogP contribution in [0.25, 0.3) is 0 Å². The Labute approximate surface area is 135 Å². The molecule has 0 heterocycles. The van der Waals surface area contributed by atoms with Gasteiger partial charge in [-0.25, -0.2) is 4.79 Å². The molecular formula is C17H22N2O4. The fourth-order valence-corrected chi connectivity index (χ4v) is 2.89. The predicted molar refractivity (Wildman–Crippen MR) is 85.4 cm³/mol. The van der Waals surface area contributed by atoms with E-state index in [9.17, 15) is 19.5 Å². The van der Waals surface area contributed by atoms with Gasteiger partial charge in [0.05, 0.1) is 0 Å². The van der Waals surface area contributed by atoms with Crippen LogP contribution in [0.3, 0.4) is 0 Å². The van der Waals surface area contributed by atoms with Gasteiger partial charge in [-0.15, -0.1) is 0 Å². The molecule has 0 aromatic heterocycles. The Hall–Kier alpha value is -2.37. The SMILES string of the molecule is CN(C)C(=O)c1cccc(C(=O)NC2(C(=O)O)CCCCC2)c1. The first-order valence-electron chi connectivity index (χ1n) is 7.73. The van der Waals surface area contributed by atoms with Crippen molar-refractivity contribution in [2.45, 2.75) is 37.6 Å². The first-order valence-corrected chi connectivity index (χ1v) is 7.73. The molecule has 1 aliphatic carbocycles. The Morgan fingerprint density at radius 3 is 2.26 bits per heavy atom. The van der Waals surface area contributed by atoms with Crippen molar-refractivity contribution >= 4 is 17.8 Å². The number of nitrogens with zero attached hydrogens (tertiary/aromatic N) is 1. The van der Waals surface area contributed by atoms with Crippen LogP contribution in [-0.4, -0.2) is 47.4 Å². The van der Waals surface area contributed by atoms with Crippen LogP contribution in [0.4, 0.5) is 0 Å². The summed E-state index contributed by atoms with van der Waals surface area (Å²) in [4.78, 5) is 37.5. The fourth-order valence-electron chi connectivity index (χ4n) is 2.89. The molecule has 1 saturated carbocycles. The summed E-state index contributed by atoms with van der Waals surface area (Å²) in [6, 6.07) is 6.34. The minimum atomic E-state index is -1.20. The summed E-state index contributed by atoms with van der Waals surface area (Å²) < 4.78 is 0. The van der Waals surface area contributed by atoms with E-state index in [4.69, 9.17) is 0 Å². The standard InChI is InChI=1S/C17H22N2O4/c1-19(2)15(21)13-8-6-7-12(11-13)14(20)18-17(16(22)23)9-4-3-5-10-17/h6-8,11H,3-5,9-10H2,1-2H3,(H,18,20)(H,22,23). The molecule has 6 nitrogen and oxygen atoms in total. The lowest BCUT2D eigenvalue weighted by Gasteiger charge is -2.34. The number of benzene rings is 1. The Morgan fingerprint density at radius 2 is 1.70 bits per heavy atom. The summed E-state index contributed by atoms with van der Waals surface area (Å²) in [5, 5.41) is 12.2. The third-order valence-electron chi connectivity index (χ3n) is 4.25. The van der Waals surface area contributed by atoms with Crippen LogP contribution in [0, 0.1) is 0 Å². The minimum absolute atomic E-state index is 0.203. The molecule has 124 valence electrons. The van der Waals surface area contributed by atoms with Gasteiger partial charge >= 0.3 is 5.97 Å². The van der Waals surface area contributed by atoms with Crippen LogP contribution >= 0.6 is 0 Å². The Balaban J connectivity index is 2.21. The highest BCUT2D eigenvalue weighted by Crippen LogP contribution is 2.29. The number of carboxylic acid groups (broad SMARTS) is 1. The van der Waals surface area contributed by atoms with Crippen LogP contribution in [0.1, 0.15) is 52.8 Å². The van der Waals surface area contributed by atoms with Crippen molar-refractivity contribution in [3.63, 3.8) is 0 Å². The smallest absolute Gasteiger partial charge is 0.329 e. The van der Waals surface area contributed by atoms with Gasteiger partial charge in [0.15, 0.2) is 0 Å². The van der Waals surface area contributed by atoms with Crippen LogP contribution in [0.5, 0.6) is 0 Å². The molecule has 23 heavy (non-hydrogen) atoms. The third-order valence-corrected chi connectivity index (χ3v) is 4.25. The van der Waals surface area contributed by atoms with E-state index in [0.717, 1.165) is 19.3 Å². The highest BCUT2D eigenvalue weighted by molar-refractivity contribution is 6.01. The molecule has 0 aliphatic heterocycles. The first-order chi connectivity index (χ1) is 10.9. The van der Waals surface area contributed by atoms with Crippen LogP contribution in [0.2, 0.25) is 0 Å². The number of hydrogen-bond acceptors (Lipinski definition) is 3. The molecule has 2 rings (SSSR count). The zero-order valence-corrected chi connectivity index (χ0v) is 13.5. The maximum atomic E-state index is 12.5. The first kappa shape index (κ1) is 17.0. The van der Waals surface area contributed by atoms with Crippen LogP contribution in [-0.2, 0) is 4.79 Å². The zero-order valence-electron chi connectivity index (χ0n) is 13.5. The molecule has 0 radical (unpaired) electrons. The van der Waals surface area contributed by atoms with Crippen LogP contribution in [0.15, 0.2) is 24.3 Å². The monoisotopic (exact) mass is 318 g/mol. The quantitative estimate of drug-likeness (QED) is 0.888. The maximum absolute atomic E-state index is 12.5. The van der Waals surface area contributed by atoms with E-state index in [1.807, 2.05) is 0 Å². The number of nitrogens with one attached hydrogen (secondary N) is 1. The molecule has 0 spiro atoms. The normalized spacial score (nSPS) is 16.4. The van der Waals surface area contributed by atoms with Gasteiger partial charge in [-0.1, -0.05) is 25.3 Å². The predicted octanol–water partition coefficient (Wildman–Crippen LogP) is 1.91. The number of amides is 2. The van der Waals surface area contributed by atoms with E-state index in [1.54, 1.807) is 32.3 Å².